The van der Waals surface area contributed by atoms with Gasteiger partial charge in [-0.3, -0.25) is 0 Å². The third-order valence-electron chi connectivity index (χ3n) is 2.36. The van der Waals surface area contributed by atoms with Gasteiger partial charge in [0.1, 0.15) is 0 Å². The van der Waals surface area contributed by atoms with Gasteiger partial charge in [-0.1, -0.05) is 17.7 Å². The zero-order chi connectivity index (χ0) is 11.1. The number of nitrogens with two attached hydrogens (primary N) is 1. The van der Waals surface area contributed by atoms with Crippen molar-refractivity contribution in [2.45, 2.75) is 10.9 Å². The largest absolute Gasteiger partial charge is 0.378 e. The molecule has 0 aromatic heterocycles. The smallest absolute Gasteiger partial charge is 0.182 e. The molecule has 0 fully saturated rings. The van der Waals surface area contributed by atoms with E-state index in [9.17, 15) is 8.42 Å². The fourth-order valence-corrected chi connectivity index (χ4v) is 3.61. The number of rotatable bonds is 1. The van der Waals surface area contributed by atoms with Crippen LogP contribution in [0, 0.1) is 0 Å². The number of nitrogens with one attached hydrogen (secondary N) is 1. The molecule has 0 saturated heterocycles. The van der Waals surface area contributed by atoms with Gasteiger partial charge in [-0.2, -0.15) is 0 Å². The molecule has 0 spiro atoms. The topological polar surface area (TPSA) is 72.2 Å². The number of hydrogen-bond donors (Lipinski definition) is 2. The number of fused-ring (bicyclic) bond motifs is 1. The number of para-hydroxylation sites is 1. The fourth-order valence-electron chi connectivity index (χ4n) is 1.63. The minimum absolute atomic E-state index is 0.0246. The van der Waals surface area contributed by atoms with Crippen LogP contribution < -0.4 is 11.1 Å². The van der Waals surface area contributed by atoms with Crippen LogP contribution in [0.25, 0.3) is 0 Å². The summed E-state index contributed by atoms with van der Waals surface area (Å²) < 4.78 is 23.7. The van der Waals surface area contributed by atoms with Crippen molar-refractivity contribution < 1.29 is 8.42 Å². The third-order valence-corrected chi connectivity index (χ3v) is 4.53. The van der Waals surface area contributed by atoms with Gasteiger partial charge in [0.05, 0.1) is 27.4 Å². The normalized spacial score (nSPS) is 22.9. The molecule has 1 aromatic carbocycles. The Balaban J connectivity index is 2.60. The first-order valence-corrected chi connectivity index (χ1v) is 6.55. The summed E-state index contributed by atoms with van der Waals surface area (Å²) in [7, 11) is -3.25. The molecule has 6 heteroatoms. The standard InChI is InChI=1S/C9H11ClN2O2S/c10-7-2-1-3-8-9(7)12-6(4-11)5-15(8,13)14/h1-3,6,12H,4-5,11H2. The Labute approximate surface area is 93.3 Å². The van der Waals surface area contributed by atoms with E-state index in [1.54, 1.807) is 18.2 Å². The average molecular weight is 247 g/mol. The Morgan fingerprint density at radius 1 is 1.53 bits per heavy atom. The van der Waals surface area contributed by atoms with Crippen molar-refractivity contribution in [1.82, 2.24) is 0 Å². The maximum atomic E-state index is 11.8. The van der Waals surface area contributed by atoms with E-state index >= 15 is 0 Å². The highest BCUT2D eigenvalue weighted by Crippen LogP contribution is 2.34. The molecule has 0 aliphatic carbocycles. The molecular weight excluding hydrogens is 236 g/mol. The molecule has 1 heterocycles. The Hall–Kier alpha value is -0.780. The maximum absolute atomic E-state index is 11.8. The molecule has 2 rings (SSSR count). The second-order valence-corrected chi connectivity index (χ2v) is 5.88. The number of halogens is 1. The van der Waals surface area contributed by atoms with Gasteiger partial charge in [-0.25, -0.2) is 8.42 Å². The lowest BCUT2D eigenvalue weighted by Gasteiger charge is -2.26. The molecule has 4 nitrogen and oxygen atoms in total. The van der Waals surface area contributed by atoms with E-state index < -0.39 is 9.84 Å². The summed E-state index contributed by atoms with van der Waals surface area (Å²) in [5, 5.41) is 3.45. The van der Waals surface area contributed by atoms with Crippen LogP contribution in [0.5, 0.6) is 0 Å². The van der Waals surface area contributed by atoms with E-state index in [4.69, 9.17) is 17.3 Å². The average Bonchev–Trinajstić information content (AvgIpc) is 2.18. The second-order valence-electron chi connectivity index (χ2n) is 3.47. The second kappa shape index (κ2) is 3.66. The summed E-state index contributed by atoms with van der Waals surface area (Å²) in [5.41, 5.74) is 5.93. The third kappa shape index (κ3) is 1.82. The van der Waals surface area contributed by atoms with E-state index in [0.717, 1.165) is 0 Å². The Bertz CT molecular complexity index is 487. The van der Waals surface area contributed by atoms with Gasteiger partial charge < -0.3 is 11.1 Å². The quantitative estimate of drug-likeness (QED) is 0.771. The van der Waals surface area contributed by atoms with E-state index in [0.29, 0.717) is 10.7 Å². The summed E-state index contributed by atoms with van der Waals surface area (Å²) >= 11 is 5.92. The first kappa shape index (κ1) is 10.7. The molecule has 1 unspecified atom stereocenters. The molecule has 3 N–H and O–H groups in total. The van der Waals surface area contributed by atoms with Crippen molar-refractivity contribution in [1.29, 1.82) is 0 Å². The molecule has 1 atom stereocenters. The highest BCUT2D eigenvalue weighted by atomic mass is 35.5. The van der Waals surface area contributed by atoms with E-state index in [1.165, 1.54) is 0 Å². The van der Waals surface area contributed by atoms with Crippen molar-refractivity contribution in [2.24, 2.45) is 5.73 Å². The highest BCUT2D eigenvalue weighted by Gasteiger charge is 2.30. The molecule has 15 heavy (non-hydrogen) atoms. The number of anilines is 1. The lowest BCUT2D eigenvalue weighted by Crippen LogP contribution is -2.39. The van der Waals surface area contributed by atoms with E-state index in [1.807, 2.05) is 0 Å². The van der Waals surface area contributed by atoms with Gasteiger partial charge >= 0.3 is 0 Å². The summed E-state index contributed by atoms with van der Waals surface area (Å²) in [6.07, 6.45) is 0. The van der Waals surface area contributed by atoms with Crippen LogP contribution in [0.2, 0.25) is 5.02 Å². The van der Waals surface area contributed by atoms with Crippen LogP contribution >= 0.6 is 11.6 Å². The van der Waals surface area contributed by atoms with Crippen molar-refractivity contribution in [3.8, 4) is 0 Å². The van der Waals surface area contributed by atoms with Crippen LogP contribution in [-0.2, 0) is 9.84 Å². The van der Waals surface area contributed by atoms with Gasteiger partial charge in [0.25, 0.3) is 0 Å². The molecule has 1 aliphatic rings. The highest BCUT2D eigenvalue weighted by molar-refractivity contribution is 7.91. The van der Waals surface area contributed by atoms with Crippen molar-refractivity contribution >= 4 is 27.1 Å². The zero-order valence-corrected chi connectivity index (χ0v) is 9.48. The maximum Gasteiger partial charge on any atom is 0.182 e. The van der Waals surface area contributed by atoms with Crippen molar-refractivity contribution in [3.05, 3.63) is 23.2 Å². The molecule has 1 aromatic rings. The molecule has 0 bridgehead atoms. The van der Waals surface area contributed by atoms with E-state index in [2.05, 4.69) is 5.32 Å². The van der Waals surface area contributed by atoms with Gasteiger partial charge in [0, 0.05) is 6.54 Å². The summed E-state index contributed by atoms with van der Waals surface area (Å²) in [5.74, 6) is 0.0246. The number of hydrogen-bond acceptors (Lipinski definition) is 4. The first-order valence-electron chi connectivity index (χ1n) is 4.52. The molecular formula is C9H11ClN2O2S. The van der Waals surface area contributed by atoms with Crippen molar-refractivity contribution in [2.75, 3.05) is 17.6 Å². The number of sulfone groups is 1. The fraction of sp³-hybridized carbons (Fsp3) is 0.333. The summed E-state index contributed by atoms with van der Waals surface area (Å²) in [4.78, 5) is 0.264. The molecule has 1 aliphatic heterocycles. The van der Waals surface area contributed by atoms with Crippen LogP contribution in [0.4, 0.5) is 5.69 Å². The lowest BCUT2D eigenvalue weighted by atomic mass is 10.2. The Morgan fingerprint density at radius 2 is 2.27 bits per heavy atom. The van der Waals surface area contributed by atoms with Gasteiger partial charge in [0.15, 0.2) is 9.84 Å². The Kier molecular flexibility index (Phi) is 2.62. The van der Waals surface area contributed by atoms with Gasteiger partial charge in [0.2, 0.25) is 0 Å². The molecule has 0 amide bonds. The summed E-state index contributed by atoms with van der Waals surface area (Å²) in [6, 6.07) is 4.57. The van der Waals surface area contributed by atoms with Crippen molar-refractivity contribution in [3.63, 3.8) is 0 Å². The predicted octanol–water partition coefficient (Wildman–Crippen LogP) is 0.866. The predicted molar refractivity (Wildman–Crippen MR) is 60.0 cm³/mol. The zero-order valence-electron chi connectivity index (χ0n) is 7.90. The molecule has 0 radical (unpaired) electrons. The minimum atomic E-state index is -3.25. The van der Waals surface area contributed by atoms with Crippen LogP contribution in [0.15, 0.2) is 23.1 Å². The van der Waals surface area contributed by atoms with Crippen LogP contribution in [0.1, 0.15) is 0 Å². The monoisotopic (exact) mass is 246 g/mol. The van der Waals surface area contributed by atoms with Gasteiger partial charge in [-0.15, -0.1) is 0 Å². The lowest BCUT2D eigenvalue weighted by molar-refractivity contribution is 0.586. The van der Waals surface area contributed by atoms with Crippen LogP contribution in [-0.4, -0.2) is 26.8 Å². The molecule has 82 valence electrons. The number of benzene rings is 1. The van der Waals surface area contributed by atoms with Gasteiger partial charge in [-0.05, 0) is 12.1 Å². The first-order chi connectivity index (χ1) is 7.04. The van der Waals surface area contributed by atoms with E-state index in [-0.39, 0.29) is 23.2 Å². The molecule has 0 saturated carbocycles. The summed E-state index contributed by atoms with van der Waals surface area (Å²) in [6.45, 7) is 0.268. The Morgan fingerprint density at radius 3 is 2.93 bits per heavy atom. The minimum Gasteiger partial charge on any atom is -0.378 e. The SMILES string of the molecule is NCC1CS(=O)(=O)c2cccc(Cl)c2N1. The van der Waals surface area contributed by atoms with Crippen LogP contribution in [0.3, 0.4) is 0 Å².